The van der Waals surface area contributed by atoms with Crippen molar-refractivity contribution in [2.24, 2.45) is 5.73 Å². The third-order valence-corrected chi connectivity index (χ3v) is 1.94. The second-order valence-corrected chi connectivity index (χ2v) is 3.31. The molecule has 0 heterocycles. The van der Waals surface area contributed by atoms with Crippen LogP contribution in [-0.2, 0) is 9.59 Å². The molecule has 94 valence electrons. The van der Waals surface area contributed by atoms with Gasteiger partial charge >= 0.3 is 0 Å². The lowest BCUT2D eigenvalue weighted by Gasteiger charge is -2.27. The van der Waals surface area contributed by atoms with Gasteiger partial charge in [-0.05, 0) is 0 Å². The maximum Gasteiger partial charge on any atom is 0.242 e. The van der Waals surface area contributed by atoms with E-state index in [4.69, 9.17) is 15.9 Å². The molecule has 0 aromatic carbocycles. The first-order valence-electron chi connectivity index (χ1n) is 4.52. The van der Waals surface area contributed by atoms with E-state index in [1.807, 2.05) is 5.32 Å². The normalized spacial score (nSPS) is 18.3. The van der Waals surface area contributed by atoms with Gasteiger partial charge in [-0.2, -0.15) is 0 Å². The summed E-state index contributed by atoms with van der Waals surface area (Å²) < 4.78 is 0. The summed E-state index contributed by atoms with van der Waals surface area (Å²) in [6.45, 7) is 0.293. The molecule has 0 saturated carbocycles. The molecule has 0 saturated heterocycles. The number of carbonyl (C=O) groups is 2. The number of hydrogen-bond donors (Lipinski definition) is 6. The van der Waals surface area contributed by atoms with Gasteiger partial charge in [-0.3, -0.25) is 9.59 Å². The van der Waals surface area contributed by atoms with Gasteiger partial charge < -0.3 is 31.5 Å². The van der Waals surface area contributed by atoms with Crippen molar-refractivity contribution >= 4 is 11.8 Å². The largest absolute Gasteiger partial charge is 0.394 e. The fraction of sp³-hybridized carbons (Fsp3) is 0.750. The Kier molecular flexibility index (Phi) is 5.89. The van der Waals surface area contributed by atoms with E-state index < -0.39 is 42.8 Å². The van der Waals surface area contributed by atoms with Crippen LogP contribution in [0.1, 0.15) is 6.92 Å². The van der Waals surface area contributed by atoms with E-state index in [1.165, 1.54) is 0 Å². The van der Waals surface area contributed by atoms with Crippen LogP contribution >= 0.6 is 0 Å². The molecule has 16 heavy (non-hydrogen) atoms. The van der Waals surface area contributed by atoms with Gasteiger partial charge in [0, 0.05) is 6.92 Å². The van der Waals surface area contributed by atoms with Crippen LogP contribution in [0.4, 0.5) is 0 Å². The van der Waals surface area contributed by atoms with Crippen LogP contribution in [0.15, 0.2) is 0 Å². The minimum absolute atomic E-state index is 0.631. The van der Waals surface area contributed by atoms with E-state index in [0.717, 1.165) is 6.92 Å². The van der Waals surface area contributed by atoms with Crippen LogP contribution in [0.5, 0.6) is 0 Å². The van der Waals surface area contributed by atoms with E-state index in [9.17, 15) is 19.8 Å². The summed E-state index contributed by atoms with van der Waals surface area (Å²) in [7, 11) is 0. The molecule has 4 atom stereocenters. The monoisotopic (exact) mass is 236 g/mol. The molecule has 2 amide bonds. The third-order valence-electron chi connectivity index (χ3n) is 1.94. The Labute approximate surface area is 91.7 Å². The van der Waals surface area contributed by atoms with Gasteiger partial charge in [0.05, 0.1) is 6.61 Å². The van der Waals surface area contributed by atoms with Crippen LogP contribution in [0.2, 0.25) is 0 Å². The number of carbonyl (C=O) groups excluding carboxylic acids is 2. The Morgan fingerprint density at radius 2 is 1.75 bits per heavy atom. The van der Waals surface area contributed by atoms with Gasteiger partial charge in [0.1, 0.15) is 24.4 Å². The van der Waals surface area contributed by atoms with Crippen molar-refractivity contribution < 1.29 is 30.0 Å². The van der Waals surface area contributed by atoms with Crippen LogP contribution < -0.4 is 11.1 Å². The Morgan fingerprint density at radius 3 is 2.06 bits per heavy atom. The number of hydrogen-bond acceptors (Lipinski definition) is 6. The molecule has 0 aliphatic carbocycles. The number of amides is 2. The number of nitrogens with one attached hydrogen (secondary N) is 1. The van der Waals surface area contributed by atoms with Crippen LogP contribution in [0.3, 0.4) is 0 Å². The highest BCUT2D eigenvalue weighted by Crippen LogP contribution is 2.05. The lowest BCUT2D eigenvalue weighted by atomic mass is 10.0. The van der Waals surface area contributed by atoms with Gasteiger partial charge in [-0.1, -0.05) is 0 Å². The second kappa shape index (κ2) is 6.38. The highest BCUT2D eigenvalue weighted by molar-refractivity contribution is 5.86. The van der Waals surface area contributed by atoms with Gasteiger partial charge in [-0.15, -0.1) is 0 Å². The van der Waals surface area contributed by atoms with E-state index in [1.54, 1.807) is 0 Å². The summed E-state index contributed by atoms with van der Waals surface area (Å²) >= 11 is 0. The average Bonchev–Trinajstić information content (AvgIpc) is 2.22. The van der Waals surface area contributed by atoms with Crippen molar-refractivity contribution in [1.29, 1.82) is 0 Å². The molecule has 0 spiro atoms. The molecule has 0 rings (SSSR count). The molecule has 0 aromatic heterocycles. The average molecular weight is 236 g/mol. The zero-order chi connectivity index (χ0) is 12.9. The van der Waals surface area contributed by atoms with Gasteiger partial charge in [-0.25, -0.2) is 0 Å². The van der Waals surface area contributed by atoms with E-state index in [-0.39, 0.29) is 0 Å². The summed E-state index contributed by atoms with van der Waals surface area (Å²) in [5, 5.41) is 38.4. The Bertz CT molecular complexity index is 259. The van der Waals surface area contributed by atoms with E-state index >= 15 is 0 Å². The molecular formula is C8H16N2O6. The van der Waals surface area contributed by atoms with Gasteiger partial charge in [0.15, 0.2) is 0 Å². The van der Waals surface area contributed by atoms with Crippen molar-refractivity contribution in [3.05, 3.63) is 0 Å². The molecular weight excluding hydrogens is 220 g/mol. The third kappa shape index (κ3) is 4.11. The van der Waals surface area contributed by atoms with Crippen LogP contribution in [0, 0.1) is 0 Å². The molecule has 0 aromatic rings. The standard InChI is InChI=1S/C8H16N2O6/c1-3(12)10-5(8(9)16)7(15)6(14)4(13)2-11/h4-7,11,13-15H,2H2,1H3,(H2,9,16)(H,10,12)/t4-,5+,6-,7-/m1/s1. The highest BCUT2D eigenvalue weighted by Gasteiger charge is 2.34. The number of aliphatic hydroxyl groups is 4. The van der Waals surface area contributed by atoms with E-state index in [0.29, 0.717) is 0 Å². The van der Waals surface area contributed by atoms with Gasteiger partial charge in [0.2, 0.25) is 11.8 Å². The summed E-state index contributed by atoms with van der Waals surface area (Å²) in [6.07, 6.45) is -5.23. The maximum absolute atomic E-state index is 10.9. The minimum Gasteiger partial charge on any atom is -0.394 e. The lowest BCUT2D eigenvalue weighted by Crippen LogP contribution is -2.57. The fourth-order valence-electron chi connectivity index (χ4n) is 1.08. The fourth-order valence-corrected chi connectivity index (χ4v) is 1.08. The van der Waals surface area contributed by atoms with Crippen molar-refractivity contribution in [3.8, 4) is 0 Å². The molecule has 0 bridgehead atoms. The topological polar surface area (TPSA) is 153 Å². The molecule has 8 nitrogen and oxygen atoms in total. The molecule has 0 aliphatic rings. The predicted octanol–water partition coefficient (Wildman–Crippen LogP) is -3.95. The molecule has 7 N–H and O–H groups in total. The van der Waals surface area contributed by atoms with Crippen molar-refractivity contribution in [2.45, 2.75) is 31.3 Å². The Hall–Kier alpha value is -1.22. The molecule has 8 heteroatoms. The molecule has 0 aliphatic heterocycles. The van der Waals surface area contributed by atoms with Crippen molar-refractivity contribution in [1.82, 2.24) is 5.32 Å². The lowest BCUT2D eigenvalue weighted by molar-refractivity contribution is -0.135. The SMILES string of the molecule is CC(=O)N[C@H](C(N)=O)[C@@H](O)[C@H](O)[C@H](O)CO. The zero-order valence-corrected chi connectivity index (χ0v) is 8.70. The second-order valence-electron chi connectivity index (χ2n) is 3.31. The zero-order valence-electron chi connectivity index (χ0n) is 8.70. The van der Waals surface area contributed by atoms with Crippen molar-refractivity contribution in [2.75, 3.05) is 6.61 Å². The summed E-state index contributed by atoms with van der Waals surface area (Å²) in [5.41, 5.74) is 4.90. The Balaban J connectivity index is 4.66. The number of rotatable bonds is 6. The summed E-state index contributed by atoms with van der Waals surface area (Å²) in [5.74, 6) is -1.69. The first kappa shape index (κ1) is 14.8. The first-order valence-corrected chi connectivity index (χ1v) is 4.52. The first-order chi connectivity index (χ1) is 7.31. The van der Waals surface area contributed by atoms with Crippen LogP contribution in [0.25, 0.3) is 0 Å². The highest BCUT2D eigenvalue weighted by atomic mass is 16.4. The maximum atomic E-state index is 10.9. The van der Waals surface area contributed by atoms with E-state index in [2.05, 4.69) is 0 Å². The number of nitrogens with two attached hydrogens (primary N) is 1. The van der Waals surface area contributed by atoms with Crippen LogP contribution in [-0.4, -0.2) is 63.2 Å². The quantitative estimate of drug-likeness (QED) is 0.277. The molecule has 0 fully saturated rings. The minimum atomic E-state index is -1.80. The number of primary amides is 1. The summed E-state index contributed by atoms with van der Waals surface area (Å²) in [4.78, 5) is 21.6. The summed E-state index contributed by atoms with van der Waals surface area (Å²) in [6, 6.07) is -1.53. The predicted molar refractivity (Wildman–Crippen MR) is 51.9 cm³/mol. The van der Waals surface area contributed by atoms with Gasteiger partial charge in [0.25, 0.3) is 0 Å². The number of aliphatic hydroxyl groups excluding tert-OH is 4. The molecule has 0 radical (unpaired) electrons. The van der Waals surface area contributed by atoms with Crippen molar-refractivity contribution in [3.63, 3.8) is 0 Å². The Morgan fingerprint density at radius 1 is 1.25 bits per heavy atom. The molecule has 0 unspecified atom stereocenters. The smallest absolute Gasteiger partial charge is 0.242 e.